The minimum atomic E-state index is -0.195. The van der Waals surface area contributed by atoms with Crippen molar-refractivity contribution in [3.63, 3.8) is 0 Å². The molecule has 4 nitrogen and oxygen atoms in total. The first-order valence-corrected chi connectivity index (χ1v) is 6.48. The smallest absolute Gasteiger partial charge is 0.309 e. The van der Waals surface area contributed by atoms with E-state index in [1.54, 1.807) is 0 Å². The summed E-state index contributed by atoms with van der Waals surface area (Å²) in [6, 6.07) is 12.3. The first-order valence-electron chi connectivity index (χ1n) is 6.48. The van der Waals surface area contributed by atoms with Crippen molar-refractivity contribution in [1.82, 2.24) is 0 Å². The van der Waals surface area contributed by atoms with Crippen LogP contribution in [0.3, 0.4) is 0 Å². The van der Waals surface area contributed by atoms with Crippen molar-refractivity contribution < 1.29 is 9.53 Å². The highest BCUT2D eigenvalue weighted by Gasteiger charge is 2.21. The Hall–Kier alpha value is -2.23. The highest BCUT2D eigenvalue weighted by Crippen LogP contribution is 2.34. The Morgan fingerprint density at radius 2 is 1.79 bits per heavy atom. The van der Waals surface area contributed by atoms with Crippen LogP contribution in [-0.2, 0) is 9.53 Å². The summed E-state index contributed by atoms with van der Waals surface area (Å²) in [5.74, 6) is -0.195. The van der Waals surface area contributed by atoms with Gasteiger partial charge >= 0.3 is 5.97 Å². The summed E-state index contributed by atoms with van der Waals surface area (Å²) in [6.07, 6.45) is 0.179. The van der Waals surface area contributed by atoms with Crippen LogP contribution in [0, 0.1) is 0 Å². The minimum Gasteiger partial charge on any atom is -0.466 e. The molecule has 0 atom stereocenters. The van der Waals surface area contributed by atoms with E-state index in [4.69, 9.17) is 4.74 Å². The van der Waals surface area contributed by atoms with Gasteiger partial charge in [0.1, 0.15) is 6.17 Å². The van der Waals surface area contributed by atoms with Gasteiger partial charge in [0.05, 0.1) is 13.0 Å². The van der Waals surface area contributed by atoms with E-state index in [9.17, 15) is 4.79 Å². The molecule has 0 spiro atoms. The fraction of sp³-hybridized carbons (Fsp3) is 0.267. The van der Waals surface area contributed by atoms with Gasteiger partial charge in [0.25, 0.3) is 0 Å². The number of nitrogens with one attached hydrogen (secondary N) is 2. The molecule has 3 rings (SSSR count). The Bertz CT molecular complexity index is 584. The van der Waals surface area contributed by atoms with Gasteiger partial charge in [-0.3, -0.25) is 4.79 Å². The molecule has 2 aromatic carbocycles. The van der Waals surface area contributed by atoms with Crippen LogP contribution in [0.4, 0.5) is 11.4 Å². The number of anilines is 2. The molecule has 4 heteroatoms. The molecule has 0 unspecified atom stereocenters. The highest BCUT2D eigenvalue weighted by atomic mass is 16.5. The van der Waals surface area contributed by atoms with Crippen LogP contribution >= 0.6 is 0 Å². The number of hydrogen-bond donors (Lipinski definition) is 2. The average Bonchev–Trinajstić information content (AvgIpc) is 2.39. The highest BCUT2D eigenvalue weighted by molar-refractivity contribution is 6.04. The summed E-state index contributed by atoms with van der Waals surface area (Å²) >= 11 is 0. The number of esters is 1. The van der Waals surface area contributed by atoms with Crippen molar-refractivity contribution in [1.29, 1.82) is 0 Å². The lowest BCUT2D eigenvalue weighted by Gasteiger charge is -2.28. The predicted molar refractivity (Wildman–Crippen MR) is 76.2 cm³/mol. The van der Waals surface area contributed by atoms with E-state index in [0.29, 0.717) is 13.0 Å². The van der Waals surface area contributed by atoms with Gasteiger partial charge in [-0.05, 0) is 24.4 Å². The zero-order valence-corrected chi connectivity index (χ0v) is 10.8. The van der Waals surface area contributed by atoms with Crippen molar-refractivity contribution >= 4 is 28.1 Å². The fourth-order valence-corrected chi connectivity index (χ4v) is 2.48. The van der Waals surface area contributed by atoms with Gasteiger partial charge in [-0.1, -0.05) is 24.3 Å². The van der Waals surface area contributed by atoms with Crippen molar-refractivity contribution in [2.75, 3.05) is 17.2 Å². The second-order valence-electron chi connectivity index (χ2n) is 4.56. The van der Waals surface area contributed by atoms with Crippen molar-refractivity contribution in [2.24, 2.45) is 0 Å². The van der Waals surface area contributed by atoms with Gasteiger partial charge in [0.15, 0.2) is 0 Å². The third-order valence-electron chi connectivity index (χ3n) is 3.24. The van der Waals surface area contributed by atoms with E-state index in [1.807, 2.05) is 31.2 Å². The van der Waals surface area contributed by atoms with E-state index in [1.165, 1.54) is 10.8 Å². The Balaban J connectivity index is 1.88. The SMILES string of the molecule is CCOC(=O)CC1Nc2cccc3cccc(c23)N1. The molecule has 19 heavy (non-hydrogen) atoms. The lowest BCUT2D eigenvalue weighted by atomic mass is 10.0. The van der Waals surface area contributed by atoms with Gasteiger partial charge in [0.2, 0.25) is 0 Å². The first-order chi connectivity index (χ1) is 9.28. The Morgan fingerprint density at radius 1 is 1.16 bits per heavy atom. The summed E-state index contributed by atoms with van der Waals surface area (Å²) in [5.41, 5.74) is 2.11. The topological polar surface area (TPSA) is 50.4 Å². The van der Waals surface area contributed by atoms with Crippen molar-refractivity contribution in [2.45, 2.75) is 19.5 Å². The van der Waals surface area contributed by atoms with Crippen molar-refractivity contribution in [3.8, 4) is 0 Å². The normalized spacial score (nSPS) is 13.7. The molecule has 98 valence electrons. The molecule has 0 aliphatic carbocycles. The van der Waals surface area contributed by atoms with E-state index < -0.39 is 0 Å². The number of benzene rings is 2. The molecule has 0 fully saturated rings. The number of hydrogen-bond acceptors (Lipinski definition) is 4. The molecule has 0 saturated heterocycles. The Labute approximate surface area is 111 Å². The lowest BCUT2D eigenvalue weighted by molar-refractivity contribution is -0.143. The number of ether oxygens (including phenoxy) is 1. The van der Waals surface area contributed by atoms with Gasteiger partial charge in [0, 0.05) is 16.8 Å². The monoisotopic (exact) mass is 256 g/mol. The zero-order valence-electron chi connectivity index (χ0n) is 10.8. The number of rotatable bonds is 3. The molecule has 1 aliphatic heterocycles. The minimum absolute atomic E-state index is 0.125. The third kappa shape index (κ3) is 2.21. The maximum absolute atomic E-state index is 11.6. The molecule has 0 amide bonds. The fourth-order valence-electron chi connectivity index (χ4n) is 2.48. The Morgan fingerprint density at radius 3 is 2.37 bits per heavy atom. The van der Waals surface area contributed by atoms with E-state index >= 15 is 0 Å². The molecular weight excluding hydrogens is 240 g/mol. The summed E-state index contributed by atoms with van der Waals surface area (Å²) in [7, 11) is 0. The van der Waals surface area contributed by atoms with Crippen LogP contribution in [-0.4, -0.2) is 18.7 Å². The van der Waals surface area contributed by atoms with E-state index in [2.05, 4.69) is 22.8 Å². The molecule has 0 bridgehead atoms. The largest absolute Gasteiger partial charge is 0.466 e. The van der Waals surface area contributed by atoms with Crippen molar-refractivity contribution in [3.05, 3.63) is 36.4 Å². The molecule has 1 aliphatic rings. The second kappa shape index (κ2) is 4.80. The Kier molecular flexibility index (Phi) is 2.99. The third-order valence-corrected chi connectivity index (χ3v) is 3.24. The number of carbonyl (C=O) groups is 1. The summed E-state index contributed by atoms with van der Waals surface area (Å²) < 4.78 is 4.99. The molecular formula is C15H16N2O2. The summed E-state index contributed by atoms with van der Waals surface area (Å²) in [5, 5.41) is 9.03. The maximum atomic E-state index is 11.6. The van der Waals surface area contributed by atoms with E-state index in [-0.39, 0.29) is 12.1 Å². The van der Waals surface area contributed by atoms with Crippen LogP contribution in [0.5, 0.6) is 0 Å². The summed E-state index contributed by atoms with van der Waals surface area (Å²) in [6.45, 7) is 2.23. The predicted octanol–water partition coefficient (Wildman–Crippen LogP) is 2.96. The standard InChI is InChI=1S/C15H16N2O2/c1-2-19-14(18)9-13-16-11-7-3-5-10-6-4-8-12(17-13)15(10)11/h3-8,13,16-17H,2,9H2,1H3. The van der Waals surface area contributed by atoms with Crippen LogP contribution in [0.2, 0.25) is 0 Å². The molecule has 2 aromatic rings. The molecule has 0 radical (unpaired) electrons. The van der Waals surface area contributed by atoms with Crippen LogP contribution in [0.25, 0.3) is 10.8 Å². The summed E-state index contributed by atoms with van der Waals surface area (Å²) in [4.78, 5) is 11.6. The van der Waals surface area contributed by atoms with Gasteiger partial charge in [-0.25, -0.2) is 0 Å². The van der Waals surface area contributed by atoms with Gasteiger partial charge < -0.3 is 15.4 Å². The zero-order chi connectivity index (χ0) is 13.2. The second-order valence-corrected chi connectivity index (χ2v) is 4.56. The maximum Gasteiger partial charge on any atom is 0.309 e. The van der Waals surface area contributed by atoms with E-state index in [0.717, 1.165) is 11.4 Å². The molecule has 0 aromatic heterocycles. The molecule has 0 saturated carbocycles. The van der Waals surface area contributed by atoms with Crippen LogP contribution < -0.4 is 10.6 Å². The molecule has 1 heterocycles. The molecule has 2 N–H and O–H groups in total. The first kappa shape index (κ1) is 11.8. The van der Waals surface area contributed by atoms with Gasteiger partial charge in [-0.2, -0.15) is 0 Å². The van der Waals surface area contributed by atoms with Crippen LogP contribution in [0.1, 0.15) is 13.3 Å². The van der Waals surface area contributed by atoms with Crippen LogP contribution in [0.15, 0.2) is 36.4 Å². The lowest BCUT2D eigenvalue weighted by Crippen LogP contribution is -2.34. The quantitative estimate of drug-likeness (QED) is 0.829. The average molecular weight is 256 g/mol. The number of carbonyl (C=O) groups excluding carboxylic acids is 1. The van der Waals surface area contributed by atoms with Gasteiger partial charge in [-0.15, -0.1) is 0 Å².